The molecule has 2 unspecified atom stereocenters. The maximum Gasteiger partial charge on any atom is 0.312 e. The Kier molecular flexibility index (Phi) is 38.5. The van der Waals surface area contributed by atoms with Gasteiger partial charge in [-0.3, -0.25) is 28.8 Å². The van der Waals surface area contributed by atoms with Gasteiger partial charge in [0.2, 0.25) is 0 Å². The van der Waals surface area contributed by atoms with Crippen LogP contribution in [0.15, 0.2) is 72.8 Å². The lowest BCUT2D eigenvalue weighted by molar-refractivity contribution is -0.870. The molecule has 0 radical (unpaired) electrons. The number of primary amides is 1. The number of Topliss-reactive ketones (excluding diaryl/α,β-unsaturated/α-hetero) is 4. The zero-order valence-corrected chi connectivity index (χ0v) is 48.8. The van der Waals surface area contributed by atoms with E-state index in [-0.39, 0.29) is 113 Å². The van der Waals surface area contributed by atoms with Gasteiger partial charge in [-0.2, -0.15) is 0 Å². The minimum absolute atomic E-state index is 0.000671. The SMILES string of the molecule is COOOOOOOOOOOOOCC(COOOOOOOOOOOOOC)(COC(=O)CCCC(=O)CC(C(=O)CC(CCCNC(N)=O)C(=O)Cc1ccc(CO)cc1)C(C)C)CC(=O)CCCC(=O)OCC1c2ccccc2-c2ccccc21. The summed E-state index contributed by atoms with van der Waals surface area (Å²) in [7, 11) is 2.12. The Morgan fingerprint density at radius 1 is 0.522 bits per heavy atom. The van der Waals surface area contributed by atoms with Gasteiger partial charge in [0.1, 0.15) is 36.3 Å². The van der Waals surface area contributed by atoms with E-state index >= 15 is 0 Å². The smallest absolute Gasteiger partial charge is 0.312 e. The number of ketones is 4. The first-order chi connectivity index (χ1) is 43.7. The van der Waals surface area contributed by atoms with Gasteiger partial charge >= 0.3 is 18.0 Å². The van der Waals surface area contributed by atoms with E-state index in [1.807, 2.05) is 48.5 Å². The molecule has 3 aromatic carbocycles. The van der Waals surface area contributed by atoms with Gasteiger partial charge in [-0.05, 0) is 176 Å². The van der Waals surface area contributed by atoms with Crippen LogP contribution in [0.2, 0.25) is 0 Å². The monoisotopic (exact) mass is 1300 g/mol. The van der Waals surface area contributed by atoms with E-state index in [0.29, 0.717) is 17.5 Å². The lowest BCUT2D eigenvalue weighted by Gasteiger charge is -2.30. The van der Waals surface area contributed by atoms with Crippen molar-refractivity contribution in [1.82, 2.24) is 5.32 Å². The second kappa shape index (κ2) is 45.7. The van der Waals surface area contributed by atoms with Crippen LogP contribution < -0.4 is 11.1 Å². The molecule has 2 atom stereocenters. The number of esters is 2. The van der Waals surface area contributed by atoms with Gasteiger partial charge in [-0.25, -0.2) is 24.3 Å². The van der Waals surface area contributed by atoms with E-state index in [2.05, 4.69) is 126 Å². The molecule has 38 heteroatoms. The third-order valence-corrected chi connectivity index (χ3v) is 12.9. The van der Waals surface area contributed by atoms with Crippen molar-refractivity contribution < 1.29 is 179 Å². The number of hydrogen-bond acceptors (Lipinski definition) is 36. The number of rotatable bonds is 56. The predicted octanol–water partition coefficient (Wildman–Crippen LogP) is 5.38. The normalized spacial score (nSPS) is 12.8. The highest BCUT2D eigenvalue weighted by molar-refractivity contribution is 5.92. The van der Waals surface area contributed by atoms with Crippen LogP contribution in [0.4, 0.5) is 4.79 Å². The first-order valence-corrected chi connectivity index (χ1v) is 27.0. The summed E-state index contributed by atoms with van der Waals surface area (Å²) in [4.78, 5) is 111. The summed E-state index contributed by atoms with van der Waals surface area (Å²) in [6, 6.07) is 21.6. The van der Waals surface area contributed by atoms with Crippen LogP contribution in [0.25, 0.3) is 11.1 Å². The van der Waals surface area contributed by atoms with E-state index in [9.17, 15) is 38.7 Å². The Morgan fingerprint density at radius 2 is 0.978 bits per heavy atom. The van der Waals surface area contributed by atoms with Gasteiger partial charge in [-0.1, -0.05) is 86.6 Å². The van der Waals surface area contributed by atoms with Crippen LogP contribution in [0.1, 0.15) is 113 Å². The predicted molar refractivity (Wildman–Crippen MR) is 274 cm³/mol. The lowest BCUT2D eigenvalue weighted by Crippen LogP contribution is -2.40. The third-order valence-electron chi connectivity index (χ3n) is 12.9. The van der Waals surface area contributed by atoms with Crippen molar-refractivity contribution in [2.75, 3.05) is 47.2 Å². The molecular weight excluding hydrogens is 1230 g/mol. The maximum atomic E-state index is 13.9. The van der Waals surface area contributed by atoms with Gasteiger partial charge in [0, 0.05) is 75.7 Å². The third kappa shape index (κ3) is 31.0. The molecule has 0 fully saturated rings. The molecule has 3 aromatic rings. The van der Waals surface area contributed by atoms with E-state index in [4.69, 9.17) is 25.0 Å². The highest BCUT2D eigenvalue weighted by atomic mass is 18.0. The molecule has 4 rings (SSSR count). The molecule has 0 spiro atoms. The molecule has 2 amide bonds. The molecule has 0 aromatic heterocycles. The zero-order valence-electron chi connectivity index (χ0n) is 48.8. The van der Waals surface area contributed by atoms with Crippen molar-refractivity contribution in [3.63, 3.8) is 0 Å². The highest BCUT2D eigenvalue weighted by Gasteiger charge is 2.38. The first kappa shape index (κ1) is 75.9. The minimum atomic E-state index is -1.87. The number of urea groups is 1. The quantitative estimate of drug-likeness (QED) is 0.0276. The number of carbonyl (C=O) groups excluding carboxylic acids is 7. The second-order valence-electron chi connectivity index (χ2n) is 19.4. The molecule has 0 bridgehead atoms. The largest absolute Gasteiger partial charge is 0.465 e. The Balaban J connectivity index is 1.38. The standard InChI is InChI=1S/C52H68N2O36/c1-35(2)45(48(59)27-38(12-11-25-54-51(53)62)47(58)26-36-21-23-37(30-55)24-22-36)28-39(56)13-9-20-50(61)66-32-52(33-67-71-75-79-83-87-89-85-81-77-73-69-63-3,34-68-72-76-80-84-88-90-86-82-78-74-70-64-4)29-40(57)14-10-19-49(60)65-31-46-43-17-7-5-15-41(43)42-16-6-8-18-44(42)46/h5-8,15-18,21-24,35,38,45-46,55H,9-14,19-20,25-34H2,1-4H3,(H3,53,54,62). The fraction of sp³-hybridized carbons (Fsp3) is 0.519. The number of nitrogens with one attached hydrogen (secondary N) is 1. The van der Waals surface area contributed by atoms with Crippen molar-refractivity contribution >= 4 is 41.1 Å². The van der Waals surface area contributed by atoms with Crippen molar-refractivity contribution in [3.05, 3.63) is 95.1 Å². The zero-order chi connectivity index (χ0) is 65.0. The van der Waals surface area contributed by atoms with E-state index in [1.54, 1.807) is 38.1 Å². The summed E-state index contributed by atoms with van der Waals surface area (Å²) < 4.78 is 11.2. The van der Waals surface area contributed by atoms with Crippen LogP contribution in [-0.2, 0) is 182 Å². The van der Waals surface area contributed by atoms with E-state index in [1.165, 1.54) is 0 Å². The van der Waals surface area contributed by atoms with Gasteiger partial charge in [0.05, 0.1) is 39.5 Å². The summed E-state index contributed by atoms with van der Waals surface area (Å²) in [5, 5.41) is 98.0. The molecule has 1 aliphatic carbocycles. The number of ether oxygens (including phenoxy) is 2. The average Bonchev–Trinajstić information content (AvgIpc) is 1.70. The number of aliphatic hydroxyl groups excluding tert-OH is 1. The molecule has 1 aliphatic rings. The molecule has 0 heterocycles. The second-order valence-corrected chi connectivity index (χ2v) is 19.4. The van der Waals surface area contributed by atoms with Crippen molar-refractivity contribution in [2.24, 2.45) is 28.9 Å². The van der Waals surface area contributed by atoms with E-state index < -0.39 is 67.2 Å². The lowest BCUT2D eigenvalue weighted by atomic mass is 9.80. The Labute approximate surface area is 509 Å². The van der Waals surface area contributed by atoms with Crippen LogP contribution in [0.3, 0.4) is 0 Å². The van der Waals surface area contributed by atoms with Crippen molar-refractivity contribution in [1.29, 1.82) is 0 Å². The molecule has 38 nitrogen and oxygen atoms in total. The molecule has 0 saturated heterocycles. The van der Waals surface area contributed by atoms with Gasteiger partial charge < -0.3 is 25.6 Å². The van der Waals surface area contributed by atoms with Crippen molar-refractivity contribution in [2.45, 2.75) is 103 Å². The van der Waals surface area contributed by atoms with Crippen LogP contribution in [0, 0.1) is 23.2 Å². The maximum absolute atomic E-state index is 13.9. The average molecular weight is 1300 g/mol. The Morgan fingerprint density at radius 3 is 1.46 bits per heavy atom. The summed E-state index contributed by atoms with van der Waals surface area (Å²) in [5.41, 5.74) is 8.70. The number of amides is 2. The molecule has 0 saturated carbocycles. The number of benzene rings is 3. The fourth-order valence-corrected chi connectivity index (χ4v) is 8.74. The number of nitrogens with two attached hydrogens (primary N) is 1. The first-order valence-electron chi connectivity index (χ1n) is 27.0. The topological polar surface area (TPSA) is 436 Å². The number of aliphatic hydroxyl groups is 1. The van der Waals surface area contributed by atoms with E-state index in [0.717, 1.165) is 36.5 Å². The summed E-state index contributed by atoms with van der Waals surface area (Å²) >= 11 is 0. The summed E-state index contributed by atoms with van der Waals surface area (Å²) in [6.45, 7) is 1.12. The Hall–Kier alpha value is -6.53. The van der Waals surface area contributed by atoms with Crippen LogP contribution in [0.5, 0.6) is 0 Å². The van der Waals surface area contributed by atoms with Crippen LogP contribution in [-0.4, -0.2) is 93.4 Å². The van der Waals surface area contributed by atoms with Crippen molar-refractivity contribution in [3.8, 4) is 11.1 Å². The Bertz CT molecular complexity index is 2490. The molecule has 4 N–H and O–H groups in total. The molecular formula is C52H68N2O36. The van der Waals surface area contributed by atoms with Gasteiger partial charge in [-0.15, -0.1) is 0 Å². The summed E-state index contributed by atoms with van der Waals surface area (Å²) in [6.07, 6.45) is -1.54. The highest BCUT2D eigenvalue weighted by Crippen LogP contribution is 2.44. The fourth-order valence-electron chi connectivity index (χ4n) is 8.74. The van der Waals surface area contributed by atoms with Gasteiger partial charge in [0.15, 0.2) is 0 Å². The number of fused-ring (bicyclic) bond motifs is 3. The summed E-state index contributed by atoms with van der Waals surface area (Å²) in [5.74, 6) is -5.12. The minimum Gasteiger partial charge on any atom is -0.465 e. The van der Waals surface area contributed by atoms with Crippen LogP contribution >= 0.6 is 0 Å². The number of carbonyl (C=O) groups is 7. The molecule has 0 aliphatic heterocycles. The molecule has 502 valence electrons. The molecule has 90 heavy (non-hydrogen) atoms. The number of hydrogen-bond donors (Lipinski definition) is 3. The van der Waals surface area contributed by atoms with Gasteiger partial charge in [0.25, 0.3) is 0 Å².